The Morgan fingerprint density at radius 1 is 1.06 bits per heavy atom. The van der Waals surface area contributed by atoms with Gasteiger partial charge in [-0.2, -0.15) is 0 Å². The van der Waals surface area contributed by atoms with Crippen LogP contribution in [-0.2, 0) is 4.79 Å². The number of aliphatic hydroxyl groups is 1. The van der Waals surface area contributed by atoms with Crippen molar-refractivity contribution in [1.82, 2.24) is 9.80 Å². The van der Waals surface area contributed by atoms with E-state index in [1.54, 1.807) is 6.07 Å². The number of hydrogen-bond donors (Lipinski definition) is 2. The molecule has 3 N–H and O–H groups in total. The first-order valence-electron chi connectivity index (χ1n) is 12.1. The Kier molecular flexibility index (Phi) is 7.28. The van der Waals surface area contributed by atoms with Crippen LogP contribution in [0, 0.1) is 5.92 Å². The van der Waals surface area contributed by atoms with E-state index < -0.39 is 6.61 Å². The summed E-state index contributed by atoms with van der Waals surface area (Å²) in [5, 5.41) is 9.47. The van der Waals surface area contributed by atoms with E-state index in [-0.39, 0.29) is 11.8 Å². The summed E-state index contributed by atoms with van der Waals surface area (Å²) in [5.41, 5.74) is 7.29. The molecule has 2 amide bonds. The summed E-state index contributed by atoms with van der Waals surface area (Å²) in [4.78, 5) is 28.5. The zero-order valence-corrected chi connectivity index (χ0v) is 18.5. The predicted octanol–water partition coefficient (Wildman–Crippen LogP) is 2.90. The molecule has 3 fully saturated rings. The van der Waals surface area contributed by atoms with Crippen LogP contribution in [0.5, 0.6) is 0 Å². The molecule has 2 heterocycles. The molecule has 3 aliphatic rings. The highest BCUT2D eigenvalue weighted by Crippen LogP contribution is 2.43. The Morgan fingerprint density at radius 2 is 1.77 bits per heavy atom. The number of carbonyl (C=O) groups excluding carboxylic acids is 2. The third kappa shape index (κ3) is 5.29. The van der Waals surface area contributed by atoms with Gasteiger partial charge < -0.3 is 15.7 Å². The van der Waals surface area contributed by atoms with Crippen molar-refractivity contribution in [2.45, 2.75) is 75.8 Å². The van der Waals surface area contributed by atoms with E-state index in [1.165, 1.54) is 50.5 Å². The van der Waals surface area contributed by atoms with Gasteiger partial charge in [0.15, 0.2) is 0 Å². The van der Waals surface area contributed by atoms with Crippen LogP contribution in [0.4, 0.5) is 0 Å². The molecule has 2 saturated heterocycles. The molecule has 0 radical (unpaired) electrons. The second-order valence-corrected chi connectivity index (χ2v) is 9.78. The topological polar surface area (TPSA) is 86.9 Å². The van der Waals surface area contributed by atoms with Crippen molar-refractivity contribution in [2.75, 3.05) is 26.2 Å². The van der Waals surface area contributed by atoms with Crippen molar-refractivity contribution in [3.8, 4) is 0 Å². The summed E-state index contributed by atoms with van der Waals surface area (Å²) in [6.45, 7) is 2.01. The summed E-state index contributed by atoms with van der Waals surface area (Å²) in [6.07, 6.45) is 10.8. The van der Waals surface area contributed by atoms with Crippen molar-refractivity contribution in [3.05, 3.63) is 35.4 Å². The first-order valence-corrected chi connectivity index (χ1v) is 12.1. The highest BCUT2D eigenvalue weighted by Gasteiger charge is 2.41. The first kappa shape index (κ1) is 22.3. The highest BCUT2D eigenvalue weighted by atomic mass is 16.3. The lowest BCUT2D eigenvalue weighted by Crippen LogP contribution is -2.48. The number of amides is 2. The molecule has 3 atom stereocenters. The molecular formula is C25H37N3O3. The van der Waals surface area contributed by atoms with Crippen LogP contribution < -0.4 is 5.73 Å². The summed E-state index contributed by atoms with van der Waals surface area (Å²) in [5.74, 6) is 0.555. The number of nitrogens with zero attached hydrogens (tertiary/aromatic N) is 2. The standard InChI is InChI=1S/C25H37N3O3/c26-25(31)20-8-4-7-19(13-20)21-14-22-9-10-23(15-21)28(22)12-11-27(24(30)17-29)16-18-5-2-1-3-6-18/h4,7-8,13,18,21-23,29H,1-3,5-6,9-12,14-17H2,(H2,26,31)/t21?,22-,23+. The minimum absolute atomic E-state index is 0.129. The van der Waals surface area contributed by atoms with Crippen molar-refractivity contribution >= 4 is 11.8 Å². The van der Waals surface area contributed by atoms with E-state index in [0.29, 0.717) is 36.0 Å². The van der Waals surface area contributed by atoms with Gasteiger partial charge in [-0.1, -0.05) is 31.4 Å². The van der Waals surface area contributed by atoms with Crippen molar-refractivity contribution < 1.29 is 14.7 Å². The average Bonchev–Trinajstić information content (AvgIpc) is 3.03. The van der Waals surface area contributed by atoms with E-state index in [0.717, 1.165) is 25.9 Å². The SMILES string of the molecule is NC(=O)c1cccc(C2C[C@H]3CC[C@@H](C2)N3CCN(CC2CCCCC2)C(=O)CO)c1. The Balaban J connectivity index is 1.36. The van der Waals surface area contributed by atoms with Gasteiger partial charge in [0.05, 0.1) is 0 Å². The van der Waals surface area contributed by atoms with E-state index in [9.17, 15) is 14.7 Å². The smallest absolute Gasteiger partial charge is 0.248 e. The minimum Gasteiger partial charge on any atom is -0.387 e. The predicted molar refractivity (Wildman–Crippen MR) is 121 cm³/mol. The second-order valence-electron chi connectivity index (χ2n) is 9.78. The fourth-order valence-corrected chi connectivity index (χ4v) is 6.19. The van der Waals surface area contributed by atoms with Gasteiger partial charge >= 0.3 is 0 Å². The molecule has 31 heavy (non-hydrogen) atoms. The number of fused-ring (bicyclic) bond motifs is 2. The average molecular weight is 428 g/mol. The molecule has 170 valence electrons. The molecule has 1 aromatic carbocycles. The van der Waals surface area contributed by atoms with Gasteiger partial charge in [0.1, 0.15) is 6.61 Å². The van der Waals surface area contributed by atoms with E-state index in [4.69, 9.17) is 5.73 Å². The largest absolute Gasteiger partial charge is 0.387 e. The zero-order chi connectivity index (χ0) is 21.8. The normalized spacial score (nSPS) is 26.7. The van der Waals surface area contributed by atoms with Crippen LogP contribution in [0.3, 0.4) is 0 Å². The molecule has 1 aliphatic carbocycles. The number of piperidine rings is 1. The summed E-state index contributed by atoms with van der Waals surface area (Å²) in [7, 11) is 0. The van der Waals surface area contributed by atoms with Gasteiger partial charge in [0, 0.05) is 37.3 Å². The fourth-order valence-electron chi connectivity index (χ4n) is 6.19. The van der Waals surface area contributed by atoms with Crippen LogP contribution in [0.25, 0.3) is 0 Å². The molecule has 2 aliphatic heterocycles. The van der Waals surface area contributed by atoms with Crippen LogP contribution >= 0.6 is 0 Å². The number of nitrogens with two attached hydrogens (primary N) is 1. The van der Waals surface area contributed by atoms with Gasteiger partial charge in [0.2, 0.25) is 11.8 Å². The van der Waals surface area contributed by atoms with Gasteiger partial charge in [0.25, 0.3) is 0 Å². The molecule has 6 nitrogen and oxygen atoms in total. The lowest BCUT2D eigenvalue weighted by Gasteiger charge is -2.40. The lowest BCUT2D eigenvalue weighted by atomic mass is 9.84. The third-order valence-electron chi connectivity index (χ3n) is 7.85. The number of rotatable bonds is 8. The van der Waals surface area contributed by atoms with Crippen molar-refractivity contribution in [3.63, 3.8) is 0 Å². The molecule has 1 aromatic rings. The monoisotopic (exact) mass is 427 g/mol. The quantitative estimate of drug-likeness (QED) is 0.668. The van der Waals surface area contributed by atoms with Crippen LogP contribution in [0.1, 0.15) is 79.6 Å². The molecule has 4 rings (SSSR count). The van der Waals surface area contributed by atoms with Crippen LogP contribution in [0.15, 0.2) is 24.3 Å². The minimum atomic E-state index is -0.391. The number of benzene rings is 1. The highest BCUT2D eigenvalue weighted by molar-refractivity contribution is 5.92. The Morgan fingerprint density at radius 3 is 2.42 bits per heavy atom. The third-order valence-corrected chi connectivity index (χ3v) is 7.85. The molecule has 0 aromatic heterocycles. The molecular weight excluding hydrogens is 390 g/mol. The molecule has 0 spiro atoms. The van der Waals surface area contributed by atoms with Gasteiger partial charge in [-0.05, 0) is 68.1 Å². The van der Waals surface area contributed by atoms with E-state index in [2.05, 4.69) is 11.0 Å². The summed E-state index contributed by atoms with van der Waals surface area (Å²) < 4.78 is 0. The number of aliphatic hydroxyl groups excluding tert-OH is 1. The van der Waals surface area contributed by atoms with Crippen molar-refractivity contribution in [1.29, 1.82) is 0 Å². The Bertz CT molecular complexity index is 763. The summed E-state index contributed by atoms with van der Waals surface area (Å²) >= 11 is 0. The van der Waals surface area contributed by atoms with Gasteiger partial charge in [-0.3, -0.25) is 14.5 Å². The maximum absolute atomic E-state index is 12.4. The van der Waals surface area contributed by atoms with E-state index in [1.807, 2.05) is 17.0 Å². The number of hydrogen-bond acceptors (Lipinski definition) is 4. The van der Waals surface area contributed by atoms with Gasteiger partial charge in [-0.25, -0.2) is 0 Å². The number of carbonyl (C=O) groups is 2. The lowest BCUT2D eigenvalue weighted by molar-refractivity contribution is -0.135. The summed E-state index contributed by atoms with van der Waals surface area (Å²) in [6, 6.07) is 8.87. The molecule has 1 unspecified atom stereocenters. The molecule has 2 bridgehead atoms. The number of primary amides is 1. The maximum atomic E-state index is 12.4. The molecule has 1 saturated carbocycles. The van der Waals surface area contributed by atoms with Gasteiger partial charge in [-0.15, -0.1) is 0 Å². The van der Waals surface area contributed by atoms with Crippen molar-refractivity contribution in [2.24, 2.45) is 11.7 Å². The Hall–Kier alpha value is -1.92. The fraction of sp³-hybridized carbons (Fsp3) is 0.680. The molecule has 6 heteroatoms. The van der Waals surface area contributed by atoms with Crippen LogP contribution in [0.2, 0.25) is 0 Å². The van der Waals surface area contributed by atoms with Crippen LogP contribution in [-0.4, -0.2) is 65.0 Å². The maximum Gasteiger partial charge on any atom is 0.248 e. The Labute approximate surface area is 185 Å². The zero-order valence-electron chi connectivity index (χ0n) is 18.5. The van der Waals surface area contributed by atoms with E-state index >= 15 is 0 Å². The first-order chi connectivity index (χ1) is 15.0. The second kappa shape index (κ2) is 10.1.